The first-order valence-corrected chi connectivity index (χ1v) is 8.67. The van der Waals surface area contributed by atoms with Crippen LogP contribution in [0.25, 0.3) is 0 Å². The number of likely N-dealkylation sites (tertiary alicyclic amines) is 1. The Morgan fingerprint density at radius 1 is 1.25 bits per heavy atom. The molecule has 0 radical (unpaired) electrons. The molecule has 1 unspecified atom stereocenters. The molecule has 1 fully saturated rings. The summed E-state index contributed by atoms with van der Waals surface area (Å²) in [6.45, 7) is 9.37. The summed E-state index contributed by atoms with van der Waals surface area (Å²) >= 11 is 3.50. The molecule has 2 nitrogen and oxygen atoms in total. The van der Waals surface area contributed by atoms with Gasteiger partial charge in [-0.1, -0.05) is 35.0 Å². The monoisotopic (exact) mass is 338 g/mol. The molecule has 0 bridgehead atoms. The van der Waals surface area contributed by atoms with Crippen LogP contribution in [0.3, 0.4) is 0 Å². The SMILES string of the molecule is CCNCC1CCN(C(C)Cc2ccc(Br)cc2)CC1. The Bertz CT molecular complexity index is 382. The summed E-state index contributed by atoms with van der Waals surface area (Å²) in [6, 6.07) is 9.41. The average Bonchev–Trinajstić information content (AvgIpc) is 2.48. The molecule has 1 aliphatic rings. The molecular weight excluding hydrogens is 312 g/mol. The first-order chi connectivity index (χ1) is 9.69. The van der Waals surface area contributed by atoms with E-state index in [1.54, 1.807) is 0 Å². The molecule has 1 aromatic carbocycles. The minimum atomic E-state index is 0.649. The van der Waals surface area contributed by atoms with Crippen molar-refractivity contribution in [2.24, 2.45) is 5.92 Å². The van der Waals surface area contributed by atoms with Crippen molar-refractivity contribution in [3.63, 3.8) is 0 Å². The quantitative estimate of drug-likeness (QED) is 0.850. The van der Waals surface area contributed by atoms with Gasteiger partial charge in [0, 0.05) is 10.5 Å². The van der Waals surface area contributed by atoms with Gasteiger partial charge in [0.05, 0.1) is 0 Å². The maximum atomic E-state index is 3.50. The van der Waals surface area contributed by atoms with Crippen LogP contribution in [0.4, 0.5) is 0 Å². The van der Waals surface area contributed by atoms with Gasteiger partial charge >= 0.3 is 0 Å². The number of nitrogens with zero attached hydrogens (tertiary/aromatic N) is 1. The smallest absolute Gasteiger partial charge is 0.0175 e. The lowest BCUT2D eigenvalue weighted by atomic mass is 9.94. The van der Waals surface area contributed by atoms with Crippen molar-refractivity contribution in [1.82, 2.24) is 10.2 Å². The molecule has 0 aliphatic carbocycles. The molecule has 20 heavy (non-hydrogen) atoms. The van der Waals surface area contributed by atoms with Gasteiger partial charge in [-0.15, -0.1) is 0 Å². The molecule has 0 saturated carbocycles. The first kappa shape index (κ1) is 16.0. The molecule has 2 rings (SSSR count). The molecule has 0 aromatic heterocycles. The fourth-order valence-corrected chi connectivity index (χ4v) is 3.30. The van der Waals surface area contributed by atoms with Crippen molar-refractivity contribution in [3.8, 4) is 0 Å². The van der Waals surface area contributed by atoms with Gasteiger partial charge in [0.25, 0.3) is 0 Å². The highest BCUT2D eigenvalue weighted by molar-refractivity contribution is 9.10. The molecule has 3 heteroatoms. The lowest BCUT2D eigenvalue weighted by molar-refractivity contribution is 0.139. The number of hydrogen-bond acceptors (Lipinski definition) is 2. The van der Waals surface area contributed by atoms with E-state index in [1.807, 2.05) is 0 Å². The summed E-state index contributed by atoms with van der Waals surface area (Å²) < 4.78 is 1.16. The minimum Gasteiger partial charge on any atom is -0.317 e. The van der Waals surface area contributed by atoms with E-state index in [2.05, 4.69) is 64.3 Å². The van der Waals surface area contributed by atoms with Gasteiger partial charge < -0.3 is 10.2 Å². The van der Waals surface area contributed by atoms with Gasteiger partial charge in [-0.2, -0.15) is 0 Å². The average molecular weight is 339 g/mol. The number of benzene rings is 1. The molecular formula is C17H27BrN2. The second kappa shape index (κ2) is 8.16. The number of piperidine rings is 1. The maximum Gasteiger partial charge on any atom is 0.0175 e. The molecule has 1 saturated heterocycles. The molecule has 0 amide bonds. The van der Waals surface area contributed by atoms with Crippen molar-refractivity contribution in [2.45, 2.75) is 39.2 Å². The van der Waals surface area contributed by atoms with Gasteiger partial charge in [0.15, 0.2) is 0 Å². The van der Waals surface area contributed by atoms with E-state index in [9.17, 15) is 0 Å². The van der Waals surface area contributed by atoms with Crippen LogP contribution in [0, 0.1) is 5.92 Å². The van der Waals surface area contributed by atoms with E-state index in [1.165, 1.54) is 38.0 Å². The van der Waals surface area contributed by atoms with E-state index in [0.29, 0.717) is 6.04 Å². The third-order valence-electron chi connectivity index (χ3n) is 4.40. The number of halogens is 1. The Labute approximate surface area is 132 Å². The third kappa shape index (κ3) is 4.87. The van der Waals surface area contributed by atoms with E-state index in [-0.39, 0.29) is 0 Å². The second-order valence-electron chi connectivity index (χ2n) is 5.97. The largest absolute Gasteiger partial charge is 0.317 e. The van der Waals surface area contributed by atoms with Crippen LogP contribution in [0.5, 0.6) is 0 Å². The highest BCUT2D eigenvalue weighted by atomic mass is 79.9. The molecule has 0 spiro atoms. The van der Waals surface area contributed by atoms with Gasteiger partial charge in [-0.05, 0) is 76.0 Å². The zero-order valence-electron chi connectivity index (χ0n) is 12.7. The standard InChI is InChI=1S/C17H27BrN2/c1-3-19-13-16-8-10-20(11-9-16)14(2)12-15-4-6-17(18)7-5-15/h4-7,14,16,19H,3,8-13H2,1-2H3. The fourth-order valence-electron chi connectivity index (χ4n) is 3.04. The van der Waals surface area contributed by atoms with E-state index in [4.69, 9.17) is 0 Å². The Balaban J connectivity index is 1.76. The lowest BCUT2D eigenvalue weighted by Gasteiger charge is -2.36. The predicted molar refractivity (Wildman–Crippen MR) is 90.1 cm³/mol. The summed E-state index contributed by atoms with van der Waals surface area (Å²) in [6.07, 6.45) is 3.85. The summed E-state index contributed by atoms with van der Waals surface area (Å²) in [4.78, 5) is 2.66. The van der Waals surface area contributed by atoms with Crippen molar-refractivity contribution in [1.29, 1.82) is 0 Å². The van der Waals surface area contributed by atoms with Gasteiger partial charge in [0.2, 0.25) is 0 Å². The lowest BCUT2D eigenvalue weighted by Crippen LogP contribution is -2.42. The predicted octanol–water partition coefficient (Wildman–Crippen LogP) is 3.70. The Kier molecular flexibility index (Phi) is 6.53. The normalized spacial score (nSPS) is 19.1. The van der Waals surface area contributed by atoms with Gasteiger partial charge in [-0.25, -0.2) is 0 Å². The molecule has 1 heterocycles. The number of nitrogens with one attached hydrogen (secondary N) is 1. The van der Waals surface area contributed by atoms with E-state index < -0.39 is 0 Å². The van der Waals surface area contributed by atoms with Crippen LogP contribution >= 0.6 is 15.9 Å². The van der Waals surface area contributed by atoms with E-state index >= 15 is 0 Å². The molecule has 1 atom stereocenters. The summed E-state index contributed by atoms with van der Waals surface area (Å²) in [5.41, 5.74) is 1.44. The summed E-state index contributed by atoms with van der Waals surface area (Å²) in [5.74, 6) is 0.881. The summed E-state index contributed by atoms with van der Waals surface area (Å²) in [5, 5.41) is 3.48. The fraction of sp³-hybridized carbons (Fsp3) is 0.647. The van der Waals surface area contributed by atoms with Crippen LogP contribution in [0.1, 0.15) is 32.3 Å². The summed E-state index contributed by atoms with van der Waals surface area (Å²) in [7, 11) is 0. The topological polar surface area (TPSA) is 15.3 Å². The Hall–Kier alpha value is -0.380. The zero-order chi connectivity index (χ0) is 14.4. The Morgan fingerprint density at radius 3 is 2.50 bits per heavy atom. The van der Waals surface area contributed by atoms with Crippen LogP contribution < -0.4 is 5.32 Å². The number of rotatable bonds is 6. The minimum absolute atomic E-state index is 0.649. The van der Waals surface area contributed by atoms with E-state index in [0.717, 1.165) is 23.4 Å². The van der Waals surface area contributed by atoms with Crippen LogP contribution in [-0.4, -0.2) is 37.1 Å². The Morgan fingerprint density at radius 2 is 1.90 bits per heavy atom. The van der Waals surface area contributed by atoms with Crippen molar-refractivity contribution >= 4 is 15.9 Å². The highest BCUT2D eigenvalue weighted by Crippen LogP contribution is 2.20. The second-order valence-corrected chi connectivity index (χ2v) is 6.88. The molecule has 1 N–H and O–H groups in total. The molecule has 112 valence electrons. The zero-order valence-corrected chi connectivity index (χ0v) is 14.3. The van der Waals surface area contributed by atoms with Crippen LogP contribution in [-0.2, 0) is 6.42 Å². The van der Waals surface area contributed by atoms with Crippen molar-refractivity contribution in [2.75, 3.05) is 26.2 Å². The molecule has 1 aromatic rings. The maximum absolute atomic E-state index is 3.50. The van der Waals surface area contributed by atoms with Gasteiger partial charge in [0.1, 0.15) is 0 Å². The van der Waals surface area contributed by atoms with Crippen molar-refractivity contribution in [3.05, 3.63) is 34.3 Å². The first-order valence-electron chi connectivity index (χ1n) is 7.88. The highest BCUT2D eigenvalue weighted by Gasteiger charge is 2.22. The van der Waals surface area contributed by atoms with Crippen LogP contribution in [0.15, 0.2) is 28.7 Å². The van der Waals surface area contributed by atoms with Gasteiger partial charge in [-0.3, -0.25) is 0 Å². The molecule has 1 aliphatic heterocycles. The van der Waals surface area contributed by atoms with Crippen molar-refractivity contribution < 1.29 is 0 Å². The third-order valence-corrected chi connectivity index (χ3v) is 4.93. The van der Waals surface area contributed by atoms with Crippen LogP contribution in [0.2, 0.25) is 0 Å². The number of hydrogen-bond donors (Lipinski definition) is 1.